The van der Waals surface area contributed by atoms with Gasteiger partial charge in [0.2, 0.25) is 0 Å². The topological polar surface area (TPSA) is 43.8 Å². The summed E-state index contributed by atoms with van der Waals surface area (Å²) in [5.74, 6) is 0.156. The molecule has 0 aliphatic carbocycles. The summed E-state index contributed by atoms with van der Waals surface area (Å²) in [6.07, 6.45) is 0. The molecular formula is C5H7ClF2IN3. The molecule has 0 aliphatic heterocycles. The zero-order valence-corrected chi connectivity index (χ0v) is 9.07. The summed E-state index contributed by atoms with van der Waals surface area (Å²) in [5, 5.41) is 3.45. The fourth-order valence-electron chi connectivity index (χ4n) is 0.711. The number of nitrogen functional groups attached to an aromatic ring is 1. The molecule has 2 N–H and O–H groups in total. The van der Waals surface area contributed by atoms with Crippen LogP contribution in [0.15, 0.2) is 0 Å². The van der Waals surface area contributed by atoms with Crippen LogP contribution in [-0.4, -0.2) is 9.78 Å². The van der Waals surface area contributed by atoms with E-state index in [9.17, 15) is 8.78 Å². The lowest BCUT2D eigenvalue weighted by Gasteiger charge is -1.99. The molecule has 1 heterocycles. The van der Waals surface area contributed by atoms with E-state index in [1.165, 1.54) is 0 Å². The summed E-state index contributed by atoms with van der Waals surface area (Å²) < 4.78 is 25.3. The highest BCUT2D eigenvalue weighted by molar-refractivity contribution is 14.1. The van der Waals surface area contributed by atoms with Gasteiger partial charge in [-0.25, -0.2) is 4.68 Å². The molecule has 70 valence electrons. The van der Waals surface area contributed by atoms with Crippen molar-refractivity contribution in [2.24, 2.45) is 0 Å². The highest BCUT2D eigenvalue weighted by atomic mass is 127. The van der Waals surface area contributed by atoms with Gasteiger partial charge in [0.25, 0.3) is 0 Å². The first kappa shape index (κ1) is 11.9. The minimum absolute atomic E-state index is 0. The van der Waals surface area contributed by atoms with Gasteiger partial charge in [-0.2, -0.15) is 8.78 Å². The Morgan fingerprint density at radius 1 is 1.58 bits per heavy atom. The summed E-state index contributed by atoms with van der Waals surface area (Å²) in [4.78, 5) is 0. The third-order valence-electron chi connectivity index (χ3n) is 1.29. The third kappa shape index (κ3) is 1.98. The molecule has 12 heavy (non-hydrogen) atoms. The second-order valence-corrected chi connectivity index (χ2v) is 3.09. The second kappa shape index (κ2) is 4.22. The minimum atomic E-state index is -2.61. The van der Waals surface area contributed by atoms with E-state index in [-0.39, 0.29) is 18.2 Å². The van der Waals surface area contributed by atoms with Gasteiger partial charge in [0.1, 0.15) is 0 Å². The zero-order chi connectivity index (χ0) is 8.59. The van der Waals surface area contributed by atoms with Crippen LogP contribution >= 0.6 is 35.0 Å². The van der Waals surface area contributed by atoms with Gasteiger partial charge in [-0.15, -0.1) is 17.5 Å². The summed E-state index contributed by atoms with van der Waals surface area (Å²) in [6, 6.07) is 0. The van der Waals surface area contributed by atoms with E-state index in [1.54, 1.807) is 6.92 Å². The van der Waals surface area contributed by atoms with Gasteiger partial charge in [0, 0.05) is 0 Å². The van der Waals surface area contributed by atoms with Gasteiger partial charge in [-0.05, 0) is 29.5 Å². The van der Waals surface area contributed by atoms with Crippen molar-refractivity contribution >= 4 is 40.8 Å². The van der Waals surface area contributed by atoms with Gasteiger partial charge in [0.15, 0.2) is 5.82 Å². The van der Waals surface area contributed by atoms with Crippen LogP contribution < -0.4 is 5.73 Å². The molecule has 1 aromatic heterocycles. The van der Waals surface area contributed by atoms with Crippen LogP contribution in [0, 0.1) is 10.5 Å². The molecule has 0 unspecified atom stereocenters. The van der Waals surface area contributed by atoms with Crippen LogP contribution in [0.3, 0.4) is 0 Å². The summed E-state index contributed by atoms with van der Waals surface area (Å²) in [6.45, 7) is -1.06. The van der Waals surface area contributed by atoms with Crippen LogP contribution in [0.2, 0.25) is 0 Å². The first-order valence-electron chi connectivity index (χ1n) is 2.82. The van der Waals surface area contributed by atoms with Gasteiger partial charge in [0.05, 0.1) is 9.26 Å². The third-order valence-corrected chi connectivity index (χ3v) is 2.62. The molecule has 0 atom stereocenters. The van der Waals surface area contributed by atoms with Crippen molar-refractivity contribution in [1.29, 1.82) is 0 Å². The van der Waals surface area contributed by atoms with E-state index < -0.39 is 6.55 Å². The Bertz CT molecular complexity index is 276. The van der Waals surface area contributed by atoms with Crippen molar-refractivity contribution in [1.82, 2.24) is 9.78 Å². The Kier molecular flexibility index (Phi) is 4.18. The molecule has 0 radical (unpaired) electrons. The predicted molar refractivity (Wildman–Crippen MR) is 52.6 cm³/mol. The highest BCUT2D eigenvalue weighted by Gasteiger charge is 2.15. The summed E-state index contributed by atoms with van der Waals surface area (Å²) >= 11 is 1.88. The summed E-state index contributed by atoms with van der Waals surface area (Å²) in [5.41, 5.74) is 5.71. The maximum atomic E-state index is 12.1. The smallest absolute Gasteiger partial charge is 0.333 e. The zero-order valence-electron chi connectivity index (χ0n) is 6.09. The van der Waals surface area contributed by atoms with Crippen LogP contribution in [0.4, 0.5) is 14.6 Å². The molecule has 7 heteroatoms. The Morgan fingerprint density at radius 2 is 2.08 bits per heavy atom. The number of rotatable bonds is 1. The first-order valence-corrected chi connectivity index (χ1v) is 3.90. The molecule has 3 nitrogen and oxygen atoms in total. The molecular weight excluding hydrogens is 302 g/mol. The molecule has 0 spiro atoms. The quantitative estimate of drug-likeness (QED) is 0.808. The van der Waals surface area contributed by atoms with E-state index in [0.717, 1.165) is 0 Å². The SMILES string of the molecule is Cc1c(I)c(N)nn1C(F)F.Cl. The molecule has 0 bridgehead atoms. The fourth-order valence-corrected chi connectivity index (χ4v) is 1.07. The van der Waals surface area contributed by atoms with Crippen molar-refractivity contribution in [3.05, 3.63) is 9.26 Å². The number of nitrogens with zero attached hydrogens (tertiary/aromatic N) is 2. The van der Waals surface area contributed by atoms with E-state index >= 15 is 0 Å². The number of hydrogen-bond acceptors (Lipinski definition) is 2. The number of halogens is 4. The standard InChI is InChI=1S/C5H6F2IN3.ClH/c1-2-3(8)4(9)10-11(2)5(6)7;/h5H,1H3,(H2,9,10);1H. The maximum Gasteiger partial charge on any atom is 0.333 e. The van der Waals surface area contributed by atoms with Crippen LogP contribution in [0.5, 0.6) is 0 Å². The van der Waals surface area contributed by atoms with Gasteiger partial charge >= 0.3 is 6.55 Å². The Labute approximate surface area is 87.9 Å². The lowest BCUT2D eigenvalue weighted by atomic mass is 10.5. The maximum absolute atomic E-state index is 12.1. The number of alkyl halides is 2. The average Bonchev–Trinajstić information content (AvgIpc) is 2.17. The van der Waals surface area contributed by atoms with Crippen molar-refractivity contribution in [3.63, 3.8) is 0 Å². The van der Waals surface area contributed by atoms with E-state index in [1.807, 2.05) is 22.6 Å². The van der Waals surface area contributed by atoms with E-state index in [0.29, 0.717) is 13.9 Å². The number of anilines is 1. The first-order chi connectivity index (χ1) is 5.04. The van der Waals surface area contributed by atoms with Gasteiger partial charge in [-0.3, -0.25) is 0 Å². The van der Waals surface area contributed by atoms with Gasteiger partial charge in [-0.1, -0.05) is 0 Å². The number of hydrogen-bond donors (Lipinski definition) is 1. The van der Waals surface area contributed by atoms with E-state index in [2.05, 4.69) is 5.10 Å². The minimum Gasteiger partial charge on any atom is -0.381 e. The Hall–Kier alpha value is -0.110. The Balaban J connectivity index is 0.00000121. The molecule has 0 saturated carbocycles. The summed E-state index contributed by atoms with van der Waals surface area (Å²) in [7, 11) is 0. The predicted octanol–water partition coefficient (Wildman–Crippen LogP) is 2.20. The largest absolute Gasteiger partial charge is 0.381 e. The lowest BCUT2D eigenvalue weighted by Crippen LogP contribution is -2.02. The number of aromatic nitrogens is 2. The van der Waals surface area contributed by atoms with Gasteiger partial charge < -0.3 is 5.73 Å². The van der Waals surface area contributed by atoms with Crippen molar-refractivity contribution in [2.75, 3.05) is 5.73 Å². The highest BCUT2D eigenvalue weighted by Crippen LogP contribution is 2.22. The van der Waals surface area contributed by atoms with Crippen LogP contribution in [0.1, 0.15) is 12.2 Å². The second-order valence-electron chi connectivity index (χ2n) is 2.01. The molecule has 0 saturated heterocycles. The number of nitrogens with two attached hydrogens (primary N) is 1. The van der Waals surface area contributed by atoms with Crippen molar-refractivity contribution < 1.29 is 8.78 Å². The Morgan fingerprint density at radius 3 is 2.25 bits per heavy atom. The van der Waals surface area contributed by atoms with Crippen molar-refractivity contribution in [2.45, 2.75) is 13.5 Å². The molecule has 0 fully saturated rings. The molecule has 0 amide bonds. The molecule has 0 aromatic carbocycles. The lowest BCUT2D eigenvalue weighted by molar-refractivity contribution is 0.0546. The van der Waals surface area contributed by atoms with Crippen molar-refractivity contribution in [3.8, 4) is 0 Å². The van der Waals surface area contributed by atoms with Crippen LogP contribution in [-0.2, 0) is 0 Å². The normalized spacial score (nSPS) is 10.1. The molecule has 1 aromatic rings. The fraction of sp³-hybridized carbons (Fsp3) is 0.400. The average molecular weight is 309 g/mol. The molecule has 1 rings (SSSR count). The molecule has 0 aliphatic rings. The van der Waals surface area contributed by atoms with Crippen LogP contribution in [0.25, 0.3) is 0 Å². The monoisotopic (exact) mass is 309 g/mol. The van der Waals surface area contributed by atoms with E-state index in [4.69, 9.17) is 5.73 Å².